The van der Waals surface area contributed by atoms with Gasteiger partial charge in [-0.2, -0.15) is 13.2 Å². The molecule has 0 radical (unpaired) electrons. The Hall–Kier alpha value is -1.76. The third-order valence-electron chi connectivity index (χ3n) is 2.61. The lowest BCUT2D eigenvalue weighted by atomic mass is 10.0. The van der Waals surface area contributed by atoms with Crippen LogP contribution in [0.1, 0.15) is 29.8 Å². The number of aliphatic hydroxyl groups is 1. The number of benzene rings is 1. The van der Waals surface area contributed by atoms with Crippen molar-refractivity contribution in [3.8, 4) is 0 Å². The Morgan fingerprint density at radius 3 is 2.35 bits per heavy atom. The van der Waals surface area contributed by atoms with Crippen LogP contribution in [0.15, 0.2) is 18.2 Å². The number of nitrogens with zero attached hydrogens (tertiary/aromatic N) is 1. The van der Waals surface area contributed by atoms with E-state index in [0.29, 0.717) is 0 Å². The van der Waals surface area contributed by atoms with E-state index in [1.807, 2.05) is 0 Å². The maximum atomic E-state index is 12.7. The van der Waals surface area contributed by atoms with Gasteiger partial charge in [-0.05, 0) is 26.0 Å². The number of likely N-dealkylation sites (N-methyl/N-ethyl adjacent to an activating group) is 1. The zero-order valence-corrected chi connectivity index (χ0v) is 11.5. The number of hydrogen-bond donors (Lipinski definition) is 2. The summed E-state index contributed by atoms with van der Waals surface area (Å²) >= 11 is 0. The van der Waals surface area contributed by atoms with Crippen LogP contribution in [0.5, 0.6) is 0 Å². The minimum Gasteiger partial charge on any atom is -0.398 e. The van der Waals surface area contributed by atoms with Gasteiger partial charge in [-0.3, -0.25) is 4.79 Å². The number of halogens is 3. The van der Waals surface area contributed by atoms with Crippen LogP contribution in [0, 0.1) is 0 Å². The second-order valence-electron chi connectivity index (χ2n) is 5.24. The molecular weight excluding hydrogens is 273 g/mol. The molecule has 0 aliphatic carbocycles. The molecule has 3 N–H and O–H groups in total. The molecule has 1 rings (SSSR count). The normalized spacial score (nSPS) is 12.3. The number of amides is 1. The lowest BCUT2D eigenvalue weighted by Crippen LogP contribution is -2.40. The van der Waals surface area contributed by atoms with Crippen molar-refractivity contribution in [2.75, 3.05) is 19.3 Å². The van der Waals surface area contributed by atoms with E-state index in [1.54, 1.807) is 0 Å². The maximum Gasteiger partial charge on any atom is 0.418 e. The molecule has 1 aromatic carbocycles. The Bertz CT molecular complexity index is 507. The van der Waals surface area contributed by atoms with Crippen LogP contribution in [0.3, 0.4) is 0 Å². The third-order valence-corrected chi connectivity index (χ3v) is 2.61. The summed E-state index contributed by atoms with van der Waals surface area (Å²) in [6.45, 7) is 2.96. The van der Waals surface area contributed by atoms with E-state index < -0.39 is 28.9 Å². The van der Waals surface area contributed by atoms with E-state index in [1.165, 1.54) is 27.0 Å². The lowest BCUT2D eigenvalue weighted by molar-refractivity contribution is -0.136. The van der Waals surface area contributed by atoms with Crippen molar-refractivity contribution in [2.24, 2.45) is 0 Å². The van der Waals surface area contributed by atoms with E-state index in [9.17, 15) is 23.1 Å². The summed E-state index contributed by atoms with van der Waals surface area (Å²) in [7, 11) is 1.39. The molecule has 0 atom stereocenters. The zero-order chi connectivity index (χ0) is 15.7. The Kier molecular flexibility index (Phi) is 4.33. The molecule has 0 spiro atoms. The predicted molar refractivity (Wildman–Crippen MR) is 69.1 cm³/mol. The van der Waals surface area contributed by atoms with Crippen molar-refractivity contribution in [3.05, 3.63) is 29.3 Å². The van der Waals surface area contributed by atoms with Gasteiger partial charge in [0.1, 0.15) is 0 Å². The first kappa shape index (κ1) is 16.3. The van der Waals surface area contributed by atoms with Crippen LogP contribution in [-0.2, 0) is 6.18 Å². The molecule has 20 heavy (non-hydrogen) atoms. The molecule has 1 amide bonds. The van der Waals surface area contributed by atoms with Gasteiger partial charge < -0.3 is 15.7 Å². The highest BCUT2D eigenvalue weighted by Crippen LogP contribution is 2.35. The Morgan fingerprint density at radius 1 is 1.35 bits per heavy atom. The summed E-state index contributed by atoms with van der Waals surface area (Å²) in [6, 6.07) is 3.18. The summed E-state index contributed by atoms with van der Waals surface area (Å²) in [5.41, 5.74) is 2.41. The molecule has 0 bridgehead atoms. The second kappa shape index (κ2) is 5.32. The van der Waals surface area contributed by atoms with Crippen molar-refractivity contribution < 1.29 is 23.1 Å². The van der Waals surface area contributed by atoms with E-state index in [-0.39, 0.29) is 12.1 Å². The first-order valence-electron chi connectivity index (χ1n) is 5.87. The van der Waals surface area contributed by atoms with E-state index >= 15 is 0 Å². The highest BCUT2D eigenvalue weighted by Gasteiger charge is 2.34. The van der Waals surface area contributed by atoms with Gasteiger partial charge in [0.15, 0.2) is 0 Å². The average Bonchev–Trinajstić information content (AvgIpc) is 2.24. The molecule has 0 saturated carbocycles. The van der Waals surface area contributed by atoms with Crippen molar-refractivity contribution in [3.63, 3.8) is 0 Å². The number of carbonyl (C=O) groups is 1. The van der Waals surface area contributed by atoms with Gasteiger partial charge in [0, 0.05) is 13.6 Å². The molecule has 0 unspecified atom stereocenters. The third kappa shape index (κ3) is 3.86. The summed E-state index contributed by atoms with van der Waals surface area (Å²) in [5, 5.41) is 9.63. The fourth-order valence-electron chi connectivity index (χ4n) is 1.86. The molecule has 0 aromatic heterocycles. The fourth-order valence-corrected chi connectivity index (χ4v) is 1.86. The number of para-hydroxylation sites is 1. The summed E-state index contributed by atoms with van der Waals surface area (Å²) in [5.74, 6) is -0.671. The number of anilines is 1. The minimum absolute atomic E-state index is 0.0263. The molecular formula is C13H17F3N2O2. The largest absolute Gasteiger partial charge is 0.418 e. The molecule has 0 heterocycles. The van der Waals surface area contributed by atoms with Crippen molar-refractivity contribution in [1.29, 1.82) is 0 Å². The van der Waals surface area contributed by atoms with Gasteiger partial charge in [0.05, 0.1) is 22.4 Å². The topological polar surface area (TPSA) is 66.6 Å². The Labute approximate surface area is 115 Å². The van der Waals surface area contributed by atoms with Crippen LogP contribution in [0.2, 0.25) is 0 Å². The van der Waals surface area contributed by atoms with Crippen molar-refractivity contribution >= 4 is 11.6 Å². The van der Waals surface area contributed by atoms with Crippen LogP contribution >= 0.6 is 0 Å². The van der Waals surface area contributed by atoms with Gasteiger partial charge >= 0.3 is 6.18 Å². The van der Waals surface area contributed by atoms with E-state index in [0.717, 1.165) is 17.0 Å². The van der Waals surface area contributed by atoms with Crippen LogP contribution in [0.25, 0.3) is 0 Å². The highest BCUT2D eigenvalue weighted by atomic mass is 19.4. The average molecular weight is 290 g/mol. The second-order valence-corrected chi connectivity index (χ2v) is 5.24. The fraction of sp³-hybridized carbons (Fsp3) is 0.462. The van der Waals surface area contributed by atoms with Gasteiger partial charge in [-0.25, -0.2) is 0 Å². The van der Waals surface area contributed by atoms with E-state index in [2.05, 4.69) is 0 Å². The molecule has 0 aliphatic heterocycles. The number of nitrogen functional groups attached to an aromatic ring is 1. The summed E-state index contributed by atoms with van der Waals surface area (Å²) < 4.78 is 38.2. The monoisotopic (exact) mass is 290 g/mol. The summed E-state index contributed by atoms with van der Waals surface area (Å²) in [6.07, 6.45) is -4.62. The quantitative estimate of drug-likeness (QED) is 0.838. The summed E-state index contributed by atoms with van der Waals surface area (Å²) in [4.78, 5) is 13.2. The number of hydrogen-bond acceptors (Lipinski definition) is 3. The highest BCUT2D eigenvalue weighted by molar-refractivity contribution is 5.99. The van der Waals surface area contributed by atoms with Gasteiger partial charge in [0.25, 0.3) is 5.91 Å². The van der Waals surface area contributed by atoms with Gasteiger partial charge in [0.2, 0.25) is 0 Å². The maximum absolute atomic E-state index is 12.7. The SMILES string of the molecule is CN(CC(C)(C)O)C(=O)c1cccc(C(F)(F)F)c1N. The Morgan fingerprint density at radius 2 is 1.90 bits per heavy atom. The molecule has 4 nitrogen and oxygen atoms in total. The van der Waals surface area contributed by atoms with Crippen LogP contribution in [-0.4, -0.2) is 35.1 Å². The van der Waals surface area contributed by atoms with Crippen molar-refractivity contribution in [2.45, 2.75) is 25.6 Å². The predicted octanol–water partition coefficient (Wildman–Crippen LogP) is 2.13. The first-order valence-corrected chi connectivity index (χ1v) is 5.87. The van der Waals surface area contributed by atoms with Crippen LogP contribution < -0.4 is 5.73 Å². The minimum atomic E-state index is -4.62. The molecule has 7 heteroatoms. The van der Waals surface area contributed by atoms with Crippen LogP contribution in [0.4, 0.5) is 18.9 Å². The number of carbonyl (C=O) groups excluding carboxylic acids is 1. The Balaban J connectivity index is 3.12. The first-order chi connectivity index (χ1) is 8.93. The van der Waals surface area contributed by atoms with Gasteiger partial charge in [-0.15, -0.1) is 0 Å². The number of rotatable bonds is 3. The van der Waals surface area contributed by atoms with Crippen molar-refractivity contribution in [1.82, 2.24) is 4.90 Å². The number of nitrogens with two attached hydrogens (primary N) is 1. The molecule has 1 aromatic rings. The number of alkyl halides is 3. The molecule has 112 valence electrons. The zero-order valence-electron chi connectivity index (χ0n) is 11.5. The standard InChI is InChI=1S/C13H17F3N2O2/c1-12(2,20)7-18(3)11(19)8-5-4-6-9(10(8)17)13(14,15)16/h4-6,20H,7,17H2,1-3H3. The molecule has 0 saturated heterocycles. The van der Waals surface area contributed by atoms with E-state index in [4.69, 9.17) is 5.73 Å². The van der Waals surface area contributed by atoms with Gasteiger partial charge in [-0.1, -0.05) is 6.07 Å². The molecule has 0 aliphatic rings. The smallest absolute Gasteiger partial charge is 0.398 e. The molecule has 0 fully saturated rings. The lowest BCUT2D eigenvalue weighted by Gasteiger charge is -2.26.